The van der Waals surface area contributed by atoms with E-state index in [1.165, 1.54) is 18.6 Å². The van der Waals surface area contributed by atoms with Crippen molar-refractivity contribution in [3.63, 3.8) is 0 Å². The van der Waals surface area contributed by atoms with Gasteiger partial charge in [0.15, 0.2) is 0 Å². The van der Waals surface area contributed by atoms with E-state index in [4.69, 9.17) is 9.15 Å². The number of furan rings is 1. The van der Waals surface area contributed by atoms with Crippen LogP contribution < -0.4 is 4.74 Å². The quantitative estimate of drug-likeness (QED) is 0.399. The summed E-state index contributed by atoms with van der Waals surface area (Å²) in [5.74, 6) is 0.469. The van der Waals surface area contributed by atoms with Crippen LogP contribution in [0.4, 0.5) is 4.39 Å². The number of hydrogen-bond acceptors (Lipinski definition) is 3. The molecule has 0 N–H and O–H groups in total. The summed E-state index contributed by atoms with van der Waals surface area (Å²) in [6, 6.07) is 10.6. The lowest BCUT2D eigenvalue weighted by Gasteiger charge is -2.34. The summed E-state index contributed by atoms with van der Waals surface area (Å²) < 4.78 is 25.1. The normalized spacial score (nSPS) is 17.1. The van der Waals surface area contributed by atoms with Gasteiger partial charge in [-0.25, -0.2) is 4.39 Å². The van der Waals surface area contributed by atoms with Gasteiger partial charge in [-0.05, 0) is 68.9 Å². The van der Waals surface area contributed by atoms with Gasteiger partial charge >= 0.3 is 0 Å². The van der Waals surface area contributed by atoms with Crippen molar-refractivity contribution in [3.8, 4) is 16.9 Å². The molecule has 3 aromatic rings. The molecular weight excluding hydrogens is 405 g/mol. The Morgan fingerprint density at radius 1 is 1.22 bits per heavy atom. The number of carbonyl (C=O) groups excluding carboxylic acids is 1. The first kappa shape index (κ1) is 22.1. The van der Waals surface area contributed by atoms with E-state index in [0.29, 0.717) is 24.0 Å². The van der Waals surface area contributed by atoms with E-state index in [1.807, 2.05) is 30.9 Å². The monoisotopic (exact) mass is 435 g/mol. The second kappa shape index (κ2) is 9.60. The van der Waals surface area contributed by atoms with Crippen LogP contribution in [0, 0.1) is 5.82 Å². The summed E-state index contributed by atoms with van der Waals surface area (Å²) in [6.45, 7) is 7.35. The Hall–Kier alpha value is -3.08. The maximum absolute atomic E-state index is 13.4. The highest BCUT2D eigenvalue weighted by molar-refractivity contribution is 6.00. The number of allylic oxidation sites excluding steroid dienone is 1. The minimum absolute atomic E-state index is 0.0579. The van der Waals surface area contributed by atoms with Gasteiger partial charge in [0.05, 0.1) is 12.9 Å². The third kappa shape index (κ3) is 4.43. The highest BCUT2D eigenvalue weighted by atomic mass is 19.1. The average molecular weight is 436 g/mol. The van der Waals surface area contributed by atoms with Gasteiger partial charge in [0.2, 0.25) is 5.91 Å². The predicted molar refractivity (Wildman–Crippen MR) is 126 cm³/mol. The van der Waals surface area contributed by atoms with Gasteiger partial charge in [0.1, 0.15) is 17.1 Å². The van der Waals surface area contributed by atoms with E-state index in [-0.39, 0.29) is 11.7 Å². The Labute approximate surface area is 188 Å². The third-order valence-electron chi connectivity index (χ3n) is 6.28. The first-order valence-electron chi connectivity index (χ1n) is 11.4. The predicted octanol–water partition coefficient (Wildman–Crippen LogP) is 6.83. The van der Waals surface area contributed by atoms with E-state index in [1.54, 1.807) is 24.5 Å². The van der Waals surface area contributed by atoms with E-state index < -0.39 is 0 Å². The number of carbonyl (C=O) groups is 1. The van der Waals surface area contributed by atoms with Gasteiger partial charge in [0, 0.05) is 41.2 Å². The molecule has 0 radical (unpaired) electrons. The highest BCUT2D eigenvalue weighted by Gasteiger charge is 2.24. The minimum Gasteiger partial charge on any atom is -0.493 e. The number of rotatable bonds is 6. The van der Waals surface area contributed by atoms with Crippen molar-refractivity contribution in [1.82, 2.24) is 4.90 Å². The molecule has 4 rings (SSSR count). The molecule has 1 unspecified atom stereocenters. The molecule has 2 heterocycles. The number of ether oxygens (including phenoxy) is 1. The molecular formula is C27H30FNO3. The lowest BCUT2D eigenvalue weighted by atomic mass is 9.97. The van der Waals surface area contributed by atoms with Crippen molar-refractivity contribution in [3.05, 3.63) is 60.1 Å². The van der Waals surface area contributed by atoms with Crippen molar-refractivity contribution in [2.75, 3.05) is 13.2 Å². The summed E-state index contributed by atoms with van der Waals surface area (Å²) in [6.07, 6.45) is 7.70. The highest BCUT2D eigenvalue weighted by Crippen LogP contribution is 2.37. The van der Waals surface area contributed by atoms with Gasteiger partial charge in [-0.3, -0.25) is 4.79 Å². The van der Waals surface area contributed by atoms with Crippen LogP contribution in [0.2, 0.25) is 0 Å². The summed E-state index contributed by atoms with van der Waals surface area (Å²) in [4.78, 5) is 15.1. The molecule has 32 heavy (non-hydrogen) atoms. The molecule has 1 fully saturated rings. The maximum atomic E-state index is 13.4. The maximum Gasteiger partial charge on any atom is 0.247 e. The van der Waals surface area contributed by atoms with Crippen LogP contribution in [-0.4, -0.2) is 30.0 Å². The molecule has 0 aliphatic carbocycles. The van der Waals surface area contributed by atoms with Crippen LogP contribution in [0.3, 0.4) is 0 Å². The van der Waals surface area contributed by atoms with Crippen LogP contribution in [-0.2, 0) is 4.79 Å². The number of likely N-dealkylation sites (tertiary alicyclic amines) is 1. The molecule has 0 saturated carbocycles. The number of piperidine rings is 1. The summed E-state index contributed by atoms with van der Waals surface area (Å²) >= 11 is 0. The van der Waals surface area contributed by atoms with Crippen molar-refractivity contribution < 1.29 is 18.3 Å². The number of fused-ring (bicyclic) bond motifs is 1. The number of hydrogen-bond donors (Lipinski definition) is 0. The average Bonchev–Trinajstić information content (AvgIpc) is 3.22. The van der Waals surface area contributed by atoms with Gasteiger partial charge in [-0.2, -0.15) is 0 Å². The van der Waals surface area contributed by atoms with Gasteiger partial charge in [0.25, 0.3) is 0 Å². The van der Waals surface area contributed by atoms with Crippen molar-refractivity contribution >= 4 is 22.4 Å². The fourth-order valence-electron chi connectivity index (χ4n) is 4.55. The zero-order valence-corrected chi connectivity index (χ0v) is 19.0. The van der Waals surface area contributed by atoms with Crippen LogP contribution in [0.1, 0.15) is 52.0 Å². The summed E-state index contributed by atoms with van der Waals surface area (Å²) in [5, 5.41) is 0.902. The second-order valence-corrected chi connectivity index (χ2v) is 8.35. The Kier molecular flexibility index (Phi) is 6.63. The fourth-order valence-corrected chi connectivity index (χ4v) is 4.55. The van der Waals surface area contributed by atoms with Gasteiger partial charge in [-0.15, -0.1) is 0 Å². The first-order chi connectivity index (χ1) is 15.5. The van der Waals surface area contributed by atoms with Crippen LogP contribution in [0.5, 0.6) is 5.75 Å². The standard InChI is InChI=1S/C27H30FNO3/c1-4-21-8-6-7-13-29(21)27(30)14-18(3)22-15-23-24(19-9-11-20(28)12-10-19)17-32-26(23)16-25(22)31-5-2/h9-12,14-17,21H,4-8,13H2,1-3H3/b18-14+. The second-order valence-electron chi connectivity index (χ2n) is 8.35. The molecule has 1 atom stereocenters. The summed E-state index contributed by atoms with van der Waals surface area (Å²) in [5.41, 5.74) is 4.16. The fraction of sp³-hybridized carbons (Fsp3) is 0.370. The van der Waals surface area contributed by atoms with E-state index >= 15 is 0 Å². The Morgan fingerprint density at radius 3 is 2.72 bits per heavy atom. The van der Waals surface area contributed by atoms with Crippen molar-refractivity contribution in [1.29, 1.82) is 0 Å². The molecule has 0 bridgehead atoms. The van der Waals surface area contributed by atoms with E-state index in [2.05, 4.69) is 6.92 Å². The number of nitrogens with zero attached hydrogens (tertiary/aromatic N) is 1. The molecule has 1 amide bonds. The molecule has 4 nitrogen and oxygen atoms in total. The first-order valence-corrected chi connectivity index (χ1v) is 11.4. The molecule has 1 aliphatic rings. The Morgan fingerprint density at radius 2 is 2.00 bits per heavy atom. The van der Waals surface area contributed by atoms with Crippen LogP contribution in [0.15, 0.2) is 53.2 Å². The molecule has 1 aliphatic heterocycles. The van der Waals surface area contributed by atoms with Crippen LogP contribution >= 0.6 is 0 Å². The molecule has 5 heteroatoms. The number of halogens is 1. The summed E-state index contributed by atoms with van der Waals surface area (Å²) in [7, 11) is 0. The molecule has 168 valence electrons. The zero-order chi connectivity index (χ0) is 22.7. The Balaban J connectivity index is 1.74. The molecule has 2 aromatic carbocycles. The number of benzene rings is 2. The van der Waals surface area contributed by atoms with E-state index in [0.717, 1.165) is 53.5 Å². The molecule has 0 spiro atoms. The third-order valence-corrected chi connectivity index (χ3v) is 6.28. The van der Waals surface area contributed by atoms with Crippen molar-refractivity contribution in [2.45, 2.75) is 52.5 Å². The lowest BCUT2D eigenvalue weighted by Crippen LogP contribution is -2.42. The van der Waals surface area contributed by atoms with Gasteiger partial charge < -0.3 is 14.1 Å². The molecule has 1 aromatic heterocycles. The number of amides is 1. The van der Waals surface area contributed by atoms with E-state index in [9.17, 15) is 9.18 Å². The smallest absolute Gasteiger partial charge is 0.247 e. The topological polar surface area (TPSA) is 42.7 Å². The van der Waals surface area contributed by atoms with Crippen molar-refractivity contribution in [2.24, 2.45) is 0 Å². The van der Waals surface area contributed by atoms with Crippen LogP contribution in [0.25, 0.3) is 27.7 Å². The molecule has 1 saturated heterocycles. The Bertz CT molecular complexity index is 1130. The zero-order valence-electron chi connectivity index (χ0n) is 19.0. The lowest BCUT2D eigenvalue weighted by molar-refractivity contribution is -0.129. The largest absolute Gasteiger partial charge is 0.493 e. The SMILES string of the molecule is CCOc1cc2occ(-c3ccc(F)cc3)c2cc1/C(C)=C/C(=O)N1CCCCC1CC. The minimum atomic E-state index is -0.277. The van der Waals surface area contributed by atoms with Gasteiger partial charge in [-0.1, -0.05) is 19.1 Å².